The summed E-state index contributed by atoms with van der Waals surface area (Å²) in [5.74, 6) is -6.74. The van der Waals surface area contributed by atoms with Gasteiger partial charge in [0.15, 0.2) is 6.10 Å². The van der Waals surface area contributed by atoms with Crippen LogP contribution in [0.25, 0.3) is 0 Å². The molecule has 2 rings (SSSR count). The van der Waals surface area contributed by atoms with E-state index in [0.29, 0.717) is 25.4 Å². The fourth-order valence-corrected chi connectivity index (χ4v) is 5.26. The predicted octanol–water partition coefficient (Wildman–Crippen LogP) is 6.77. The molecule has 0 bridgehead atoms. The monoisotopic (exact) mass is 716 g/mol. The van der Waals surface area contributed by atoms with Crippen LogP contribution in [0.5, 0.6) is 11.5 Å². The van der Waals surface area contributed by atoms with Crippen molar-refractivity contribution in [2.24, 2.45) is 5.92 Å². The van der Waals surface area contributed by atoms with Crippen LogP contribution in [0.2, 0.25) is 0 Å². The van der Waals surface area contributed by atoms with Crippen LogP contribution in [0, 0.1) is 13.1 Å². The Labute approximate surface area is 231 Å². The second-order valence-electron chi connectivity index (χ2n) is 8.34. The van der Waals surface area contributed by atoms with E-state index in [2.05, 4.69) is 13.8 Å². The molecule has 6 nitrogen and oxygen atoms in total. The number of alkyl halides is 2. The molecule has 2 atom stereocenters. The molecule has 0 heterocycles. The van der Waals surface area contributed by atoms with Crippen LogP contribution in [0.3, 0.4) is 0 Å². The zero-order valence-corrected chi connectivity index (χ0v) is 24.1. The molecular formula is C25H28F2I2O6. The van der Waals surface area contributed by atoms with Gasteiger partial charge in [0.1, 0.15) is 24.7 Å². The number of benzene rings is 2. The van der Waals surface area contributed by atoms with E-state index < -0.39 is 29.9 Å². The third-order valence-corrected chi connectivity index (χ3v) is 6.98. The number of carboxylic acid groups (broad SMARTS) is 1. The van der Waals surface area contributed by atoms with Crippen LogP contribution < -0.4 is 9.47 Å². The van der Waals surface area contributed by atoms with Crippen molar-refractivity contribution >= 4 is 57.1 Å². The number of hydrogen-bond donors (Lipinski definition) is 1. The highest BCUT2D eigenvalue weighted by Gasteiger charge is 2.51. The van der Waals surface area contributed by atoms with Crippen molar-refractivity contribution in [1.82, 2.24) is 0 Å². The molecular weight excluding hydrogens is 688 g/mol. The second-order valence-corrected chi connectivity index (χ2v) is 10.7. The third-order valence-electron chi connectivity index (χ3n) is 5.38. The van der Waals surface area contributed by atoms with Gasteiger partial charge in [-0.15, -0.1) is 0 Å². The molecule has 0 radical (unpaired) electrons. The lowest BCUT2D eigenvalue weighted by molar-refractivity contribution is -0.187. The van der Waals surface area contributed by atoms with Crippen molar-refractivity contribution in [2.45, 2.75) is 52.1 Å². The van der Waals surface area contributed by atoms with Crippen molar-refractivity contribution in [3.8, 4) is 11.5 Å². The van der Waals surface area contributed by atoms with Gasteiger partial charge in [0.05, 0.1) is 12.7 Å². The van der Waals surface area contributed by atoms with E-state index in [1.54, 1.807) is 0 Å². The SMILES string of the molecule is CCC(C)c1ccc(OCCOc2c(I)cc(C(=O)OC(C(C)C)C(F)(F)C(=O)O)cc2I)cc1. The lowest BCUT2D eigenvalue weighted by Crippen LogP contribution is -2.47. The Balaban J connectivity index is 2.00. The zero-order valence-electron chi connectivity index (χ0n) is 19.8. The fourth-order valence-electron chi connectivity index (χ4n) is 3.18. The maximum absolute atomic E-state index is 14.0. The Bertz CT molecular complexity index is 1000. The summed E-state index contributed by atoms with van der Waals surface area (Å²) < 4.78 is 45.6. The van der Waals surface area contributed by atoms with E-state index >= 15 is 0 Å². The maximum atomic E-state index is 14.0. The molecule has 0 aliphatic heterocycles. The molecule has 0 amide bonds. The molecule has 0 fully saturated rings. The van der Waals surface area contributed by atoms with Crippen molar-refractivity contribution < 1.29 is 37.7 Å². The number of rotatable bonds is 12. The highest BCUT2D eigenvalue weighted by molar-refractivity contribution is 14.1. The van der Waals surface area contributed by atoms with Gasteiger partial charge in [0, 0.05) is 0 Å². The van der Waals surface area contributed by atoms with Gasteiger partial charge in [0.2, 0.25) is 0 Å². The van der Waals surface area contributed by atoms with E-state index in [0.717, 1.165) is 12.2 Å². The molecule has 2 unspecified atom stereocenters. The smallest absolute Gasteiger partial charge is 0.378 e. The topological polar surface area (TPSA) is 82.1 Å². The molecule has 0 saturated heterocycles. The Kier molecular flexibility index (Phi) is 11.0. The Hall–Kier alpha value is -1.70. The number of halogens is 4. The van der Waals surface area contributed by atoms with Crippen molar-refractivity contribution in [3.63, 3.8) is 0 Å². The predicted molar refractivity (Wildman–Crippen MR) is 145 cm³/mol. The first-order chi connectivity index (χ1) is 16.4. The average molecular weight is 716 g/mol. The molecule has 0 spiro atoms. The number of carbonyl (C=O) groups is 2. The van der Waals surface area contributed by atoms with Crippen LogP contribution in [-0.2, 0) is 9.53 Å². The summed E-state index contributed by atoms with van der Waals surface area (Å²) in [6.07, 6.45) is -1.04. The summed E-state index contributed by atoms with van der Waals surface area (Å²) in [5.41, 5.74) is 1.28. The molecule has 1 N–H and O–H groups in total. The fraction of sp³-hybridized carbons (Fsp3) is 0.440. The van der Waals surface area contributed by atoms with Crippen LogP contribution in [0.15, 0.2) is 36.4 Å². The van der Waals surface area contributed by atoms with E-state index in [4.69, 9.17) is 19.3 Å². The third kappa shape index (κ3) is 7.89. The van der Waals surface area contributed by atoms with E-state index in [9.17, 15) is 18.4 Å². The Morgan fingerprint density at radius 2 is 1.54 bits per heavy atom. The number of aliphatic carboxylic acids is 1. The van der Waals surface area contributed by atoms with E-state index in [1.165, 1.54) is 31.5 Å². The highest BCUT2D eigenvalue weighted by atomic mass is 127. The normalized spacial score (nSPS) is 13.3. The number of carbonyl (C=O) groups excluding carboxylic acids is 1. The summed E-state index contributed by atoms with van der Waals surface area (Å²) in [4.78, 5) is 23.5. The van der Waals surface area contributed by atoms with Gasteiger partial charge < -0.3 is 19.3 Å². The average Bonchev–Trinajstić information content (AvgIpc) is 2.80. The first-order valence-corrected chi connectivity index (χ1v) is 13.2. The molecule has 0 saturated carbocycles. The summed E-state index contributed by atoms with van der Waals surface area (Å²) in [6.45, 7) is 7.60. The quantitative estimate of drug-likeness (QED) is 0.149. The van der Waals surface area contributed by atoms with Crippen LogP contribution in [0.4, 0.5) is 8.78 Å². The summed E-state index contributed by atoms with van der Waals surface area (Å²) >= 11 is 3.95. The first-order valence-electron chi connectivity index (χ1n) is 11.0. The summed E-state index contributed by atoms with van der Waals surface area (Å²) in [5, 5.41) is 8.82. The van der Waals surface area contributed by atoms with Gasteiger partial charge in [-0.25, -0.2) is 9.59 Å². The minimum Gasteiger partial charge on any atom is -0.490 e. The van der Waals surface area contributed by atoms with E-state index in [-0.39, 0.29) is 12.2 Å². The molecule has 35 heavy (non-hydrogen) atoms. The number of hydrogen-bond acceptors (Lipinski definition) is 5. The van der Waals surface area contributed by atoms with Gasteiger partial charge in [0.25, 0.3) is 0 Å². The van der Waals surface area contributed by atoms with Gasteiger partial charge in [-0.1, -0.05) is 39.8 Å². The van der Waals surface area contributed by atoms with Gasteiger partial charge in [-0.3, -0.25) is 0 Å². The highest BCUT2D eigenvalue weighted by Crippen LogP contribution is 2.32. The lowest BCUT2D eigenvalue weighted by Gasteiger charge is -2.26. The van der Waals surface area contributed by atoms with Gasteiger partial charge >= 0.3 is 17.9 Å². The van der Waals surface area contributed by atoms with Gasteiger partial charge in [-0.05, 0) is 93.3 Å². The van der Waals surface area contributed by atoms with Crippen LogP contribution in [-0.4, -0.2) is 42.3 Å². The first kappa shape index (κ1) is 29.5. The summed E-state index contributed by atoms with van der Waals surface area (Å²) in [7, 11) is 0. The molecule has 0 aliphatic rings. The molecule has 10 heteroatoms. The van der Waals surface area contributed by atoms with Crippen molar-refractivity contribution in [3.05, 3.63) is 54.7 Å². The minimum atomic E-state index is -4.21. The van der Waals surface area contributed by atoms with Gasteiger partial charge in [-0.2, -0.15) is 8.78 Å². The number of ether oxygens (including phenoxy) is 3. The molecule has 2 aromatic rings. The molecule has 192 valence electrons. The lowest BCUT2D eigenvalue weighted by atomic mass is 9.99. The van der Waals surface area contributed by atoms with Crippen LogP contribution >= 0.6 is 45.2 Å². The van der Waals surface area contributed by atoms with Crippen molar-refractivity contribution in [2.75, 3.05) is 13.2 Å². The maximum Gasteiger partial charge on any atom is 0.378 e. The Morgan fingerprint density at radius 3 is 2.03 bits per heavy atom. The molecule has 2 aromatic carbocycles. The largest absolute Gasteiger partial charge is 0.490 e. The second kappa shape index (κ2) is 13.0. The standard InChI is InChI=1S/C25H28F2I2O6/c1-5-15(4)16-6-8-18(9-7-16)33-10-11-34-21-19(28)12-17(13-20(21)29)23(30)35-22(14(2)3)25(26,27)24(31)32/h6-9,12-15,22H,5,10-11H2,1-4H3,(H,31,32). The van der Waals surface area contributed by atoms with E-state index in [1.807, 2.05) is 69.4 Å². The number of esters is 1. The van der Waals surface area contributed by atoms with Crippen LogP contribution in [0.1, 0.15) is 56.0 Å². The molecule has 0 aromatic heterocycles. The number of carboxylic acids is 1. The summed E-state index contributed by atoms with van der Waals surface area (Å²) in [6, 6.07) is 10.8. The van der Waals surface area contributed by atoms with Crippen molar-refractivity contribution in [1.29, 1.82) is 0 Å². The minimum absolute atomic E-state index is 0.0237. The zero-order chi connectivity index (χ0) is 26.3. The molecule has 0 aliphatic carbocycles. The Morgan fingerprint density at radius 1 is 1.00 bits per heavy atom.